The highest BCUT2D eigenvalue weighted by atomic mass is 14.2. The van der Waals surface area contributed by atoms with Crippen LogP contribution >= 0.6 is 0 Å². The zero-order chi connectivity index (χ0) is 8.15. The molecule has 0 aromatic heterocycles. The summed E-state index contributed by atoms with van der Waals surface area (Å²) in [7, 11) is 0. The molecule has 0 rings (SSSR count). The minimum atomic E-state index is 0.847. The highest BCUT2D eigenvalue weighted by molar-refractivity contribution is 4.86. The zero-order valence-electron chi connectivity index (χ0n) is 8.07. The third-order valence-electron chi connectivity index (χ3n) is 2.07. The van der Waals surface area contributed by atoms with Crippen molar-refractivity contribution in [3.8, 4) is 0 Å². The van der Waals surface area contributed by atoms with Gasteiger partial charge in [0.05, 0.1) is 0 Å². The monoisotopic (exact) mass is 141 g/mol. The smallest absolute Gasteiger partial charge is 0.0272 e. The Morgan fingerprint density at radius 1 is 1.20 bits per heavy atom. The van der Waals surface area contributed by atoms with E-state index in [2.05, 4.69) is 34.6 Å². The van der Waals surface area contributed by atoms with Crippen molar-refractivity contribution >= 4 is 0 Å². The Kier molecular flexibility index (Phi) is 4.76. The molecule has 0 nitrogen and oxygen atoms in total. The fourth-order valence-electron chi connectivity index (χ4n) is 1.38. The fraction of sp³-hybridized carbons (Fsp3) is 0.900. The molecule has 10 heavy (non-hydrogen) atoms. The molecule has 0 saturated carbocycles. The molecule has 0 heteroatoms. The van der Waals surface area contributed by atoms with E-state index in [4.69, 9.17) is 0 Å². The van der Waals surface area contributed by atoms with Gasteiger partial charge in [-0.25, -0.2) is 0 Å². The lowest BCUT2D eigenvalue weighted by Gasteiger charge is -2.20. The second-order valence-corrected chi connectivity index (χ2v) is 3.81. The van der Waals surface area contributed by atoms with E-state index >= 15 is 0 Å². The Labute approximate surface area is 66.0 Å². The van der Waals surface area contributed by atoms with Crippen LogP contribution in [0.1, 0.15) is 47.5 Å². The highest BCUT2D eigenvalue weighted by Gasteiger charge is 2.12. The first-order valence-electron chi connectivity index (χ1n) is 4.38. The largest absolute Gasteiger partial charge is 0.0651 e. The molecular weight excluding hydrogens is 120 g/mol. The van der Waals surface area contributed by atoms with Gasteiger partial charge in [-0.15, -0.1) is 0 Å². The van der Waals surface area contributed by atoms with Crippen LogP contribution in [0.25, 0.3) is 0 Å². The van der Waals surface area contributed by atoms with Gasteiger partial charge in [0, 0.05) is 0 Å². The SMILES string of the molecule is CCC(CC(C)C)[C](C)C. The third kappa shape index (κ3) is 3.92. The molecule has 0 saturated heterocycles. The van der Waals surface area contributed by atoms with Crippen molar-refractivity contribution in [1.29, 1.82) is 0 Å². The van der Waals surface area contributed by atoms with Crippen molar-refractivity contribution in [1.82, 2.24) is 0 Å². The summed E-state index contributed by atoms with van der Waals surface area (Å²) in [5.74, 6) is 3.30. The molecule has 0 aliphatic carbocycles. The van der Waals surface area contributed by atoms with Gasteiger partial charge in [0.25, 0.3) is 0 Å². The maximum Gasteiger partial charge on any atom is -0.0272 e. The molecular formula is C10H21. The molecule has 1 unspecified atom stereocenters. The van der Waals surface area contributed by atoms with Crippen LogP contribution in [-0.2, 0) is 0 Å². The van der Waals surface area contributed by atoms with E-state index in [0.29, 0.717) is 0 Å². The van der Waals surface area contributed by atoms with Crippen LogP contribution in [0.15, 0.2) is 0 Å². The van der Waals surface area contributed by atoms with Crippen LogP contribution < -0.4 is 0 Å². The predicted octanol–water partition coefficient (Wildman–Crippen LogP) is 3.67. The number of hydrogen-bond donors (Lipinski definition) is 0. The summed E-state index contributed by atoms with van der Waals surface area (Å²) in [6.45, 7) is 11.4. The molecule has 61 valence electrons. The van der Waals surface area contributed by atoms with Gasteiger partial charge in [-0.2, -0.15) is 0 Å². The minimum absolute atomic E-state index is 0.847. The summed E-state index contributed by atoms with van der Waals surface area (Å²) < 4.78 is 0. The van der Waals surface area contributed by atoms with Crippen LogP contribution in [0.4, 0.5) is 0 Å². The zero-order valence-corrected chi connectivity index (χ0v) is 8.07. The van der Waals surface area contributed by atoms with Crippen LogP contribution in [-0.4, -0.2) is 0 Å². The van der Waals surface area contributed by atoms with Crippen molar-refractivity contribution in [3.63, 3.8) is 0 Å². The molecule has 0 N–H and O–H groups in total. The minimum Gasteiger partial charge on any atom is -0.0651 e. The lowest BCUT2D eigenvalue weighted by molar-refractivity contribution is 0.413. The summed E-state index contributed by atoms with van der Waals surface area (Å²) in [6.07, 6.45) is 2.67. The van der Waals surface area contributed by atoms with Gasteiger partial charge in [-0.3, -0.25) is 0 Å². The standard InChI is InChI=1S/C10H21/c1-6-10(9(4)5)7-8(2)3/h8,10H,6-7H2,1-5H3. The Morgan fingerprint density at radius 2 is 1.70 bits per heavy atom. The van der Waals surface area contributed by atoms with Gasteiger partial charge >= 0.3 is 0 Å². The molecule has 0 aliphatic heterocycles. The summed E-state index contributed by atoms with van der Waals surface area (Å²) >= 11 is 0. The molecule has 0 aromatic carbocycles. The van der Waals surface area contributed by atoms with Crippen LogP contribution in [0.2, 0.25) is 0 Å². The Hall–Kier alpha value is 0. The second-order valence-electron chi connectivity index (χ2n) is 3.81. The third-order valence-corrected chi connectivity index (χ3v) is 2.07. The van der Waals surface area contributed by atoms with Crippen molar-refractivity contribution in [2.24, 2.45) is 11.8 Å². The van der Waals surface area contributed by atoms with Crippen LogP contribution in [0.3, 0.4) is 0 Å². The van der Waals surface area contributed by atoms with Gasteiger partial charge in [-0.1, -0.05) is 41.0 Å². The normalized spacial score (nSPS) is 14.7. The van der Waals surface area contributed by atoms with Gasteiger partial charge in [-0.05, 0) is 24.2 Å². The maximum absolute atomic E-state index is 2.30. The topological polar surface area (TPSA) is 0 Å². The number of hydrogen-bond acceptors (Lipinski definition) is 0. The molecule has 1 radical (unpaired) electrons. The molecule has 0 aromatic rings. The van der Waals surface area contributed by atoms with Crippen molar-refractivity contribution in [3.05, 3.63) is 5.92 Å². The van der Waals surface area contributed by atoms with E-state index in [0.717, 1.165) is 11.8 Å². The average Bonchev–Trinajstić information content (AvgIpc) is 1.81. The summed E-state index contributed by atoms with van der Waals surface area (Å²) in [5, 5.41) is 0. The maximum atomic E-state index is 2.30. The Morgan fingerprint density at radius 3 is 1.80 bits per heavy atom. The van der Waals surface area contributed by atoms with Crippen LogP contribution in [0, 0.1) is 17.8 Å². The van der Waals surface area contributed by atoms with E-state index in [1.165, 1.54) is 12.8 Å². The molecule has 0 amide bonds. The number of rotatable bonds is 4. The van der Waals surface area contributed by atoms with E-state index < -0.39 is 0 Å². The fourth-order valence-corrected chi connectivity index (χ4v) is 1.38. The van der Waals surface area contributed by atoms with Gasteiger partial charge in [0.1, 0.15) is 0 Å². The van der Waals surface area contributed by atoms with E-state index in [1.54, 1.807) is 5.92 Å². The Balaban J connectivity index is 3.60. The van der Waals surface area contributed by atoms with Gasteiger partial charge in [0.2, 0.25) is 0 Å². The van der Waals surface area contributed by atoms with E-state index in [-0.39, 0.29) is 0 Å². The summed E-state index contributed by atoms with van der Waals surface area (Å²) in [6, 6.07) is 0. The van der Waals surface area contributed by atoms with Crippen LogP contribution in [0.5, 0.6) is 0 Å². The lowest BCUT2D eigenvalue weighted by Crippen LogP contribution is -2.08. The summed E-state index contributed by atoms with van der Waals surface area (Å²) in [5.41, 5.74) is 0. The van der Waals surface area contributed by atoms with Crippen molar-refractivity contribution in [2.45, 2.75) is 47.5 Å². The van der Waals surface area contributed by atoms with Gasteiger partial charge in [0.15, 0.2) is 0 Å². The first-order valence-corrected chi connectivity index (χ1v) is 4.38. The lowest BCUT2D eigenvalue weighted by atomic mass is 9.86. The molecule has 0 bridgehead atoms. The van der Waals surface area contributed by atoms with Crippen molar-refractivity contribution in [2.75, 3.05) is 0 Å². The first-order chi connectivity index (χ1) is 4.57. The highest BCUT2D eigenvalue weighted by Crippen LogP contribution is 2.24. The predicted molar refractivity (Wildman–Crippen MR) is 47.8 cm³/mol. The first kappa shape index (κ1) is 10.0. The van der Waals surface area contributed by atoms with E-state index in [9.17, 15) is 0 Å². The Bertz CT molecular complexity index is 72.1. The van der Waals surface area contributed by atoms with Crippen molar-refractivity contribution < 1.29 is 0 Å². The average molecular weight is 141 g/mol. The van der Waals surface area contributed by atoms with Gasteiger partial charge < -0.3 is 0 Å². The molecule has 0 aliphatic rings. The quantitative estimate of drug-likeness (QED) is 0.560. The van der Waals surface area contributed by atoms with E-state index in [1.807, 2.05) is 0 Å². The summed E-state index contributed by atoms with van der Waals surface area (Å²) in [4.78, 5) is 0. The molecule has 0 heterocycles. The molecule has 0 fully saturated rings. The second kappa shape index (κ2) is 4.76. The molecule has 0 spiro atoms. The molecule has 1 atom stereocenters.